The highest BCUT2D eigenvalue weighted by Gasteiger charge is 2.52. The van der Waals surface area contributed by atoms with Crippen molar-refractivity contribution in [2.45, 2.75) is 5.41 Å². The van der Waals surface area contributed by atoms with Crippen LogP contribution < -0.4 is 0 Å². The highest BCUT2D eigenvalue weighted by atomic mass is 32.1. The molecule has 11 aromatic carbocycles. The van der Waals surface area contributed by atoms with Gasteiger partial charge in [-0.2, -0.15) is 0 Å². The summed E-state index contributed by atoms with van der Waals surface area (Å²) in [7, 11) is 0. The lowest BCUT2D eigenvalue weighted by Crippen LogP contribution is -2.25. The van der Waals surface area contributed by atoms with Gasteiger partial charge in [0, 0.05) is 20.2 Å². The predicted molar refractivity (Wildman–Crippen MR) is 257 cm³/mol. The van der Waals surface area contributed by atoms with Gasteiger partial charge in [-0.3, -0.25) is 0 Å². The zero-order chi connectivity index (χ0) is 39.1. The molecule has 1 heteroatoms. The molecule has 0 saturated heterocycles. The van der Waals surface area contributed by atoms with Crippen LogP contribution in [0.25, 0.3) is 108 Å². The zero-order valence-electron chi connectivity index (χ0n) is 32.5. The van der Waals surface area contributed by atoms with Crippen LogP contribution in [0.1, 0.15) is 22.3 Å². The molecule has 0 nitrogen and oxygen atoms in total. The molecule has 1 aromatic heterocycles. The summed E-state index contributed by atoms with van der Waals surface area (Å²) in [6.07, 6.45) is 0. The summed E-state index contributed by atoms with van der Waals surface area (Å²) in [4.78, 5) is 0. The van der Waals surface area contributed by atoms with E-state index in [0.717, 1.165) is 0 Å². The van der Waals surface area contributed by atoms with Gasteiger partial charge in [0.2, 0.25) is 0 Å². The molecular weight excluding hydrogens is 741 g/mol. The molecule has 14 rings (SSSR count). The molecule has 2 aliphatic rings. The number of thiophene rings is 1. The van der Waals surface area contributed by atoms with Gasteiger partial charge in [0.25, 0.3) is 0 Å². The maximum Gasteiger partial charge on any atom is 0.0725 e. The van der Waals surface area contributed by atoms with Gasteiger partial charge in [0.15, 0.2) is 0 Å². The molecule has 1 spiro atoms. The molecule has 0 unspecified atom stereocenters. The molecule has 0 saturated carbocycles. The molecule has 0 N–H and O–H groups in total. The van der Waals surface area contributed by atoms with E-state index >= 15 is 0 Å². The maximum atomic E-state index is 2.54. The molecule has 0 atom stereocenters. The van der Waals surface area contributed by atoms with Crippen LogP contribution in [-0.2, 0) is 5.41 Å². The monoisotopic (exact) mass is 774 g/mol. The molecule has 0 bridgehead atoms. The Morgan fingerprint density at radius 2 is 0.800 bits per heavy atom. The number of benzene rings is 11. The van der Waals surface area contributed by atoms with Crippen LogP contribution in [0.3, 0.4) is 0 Å². The Bertz CT molecular complexity index is 3740. The van der Waals surface area contributed by atoms with Crippen LogP contribution in [0.5, 0.6) is 0 Å². The van der Waals surface area contributed by atoms with E-state index < -0.39 is 5.41 Å². The van der Waals surface area contributed by atoms with Crippen molar-refractivity contribution < 1.29 is 0 Å². The summed E-state index contributed by atoms with van der Waals surface area (Å²) in [5, 5.41) is 12.9. The first-order valence-electron chi connectivity index (χ1n) is 20.9. The van der Waals surface area contributed by atoms with E-state index in [0.29, 0.717) is 0 Å². The SMILES string of the molecule is c1ccc2c(c1)-c1ccccc1C21c2cc3cc(-c4c5ccccc5c(-c5ccc6sc7ccccc7c6c5)c5ccccc45)ccc3cc2-c2c1ccc1ccccc21. The quantitative estimate of drug-likeness (QED) is 0.153. The largest absolute Gasteiger partial charge is 0.135 e. The minimum atomic E-state index is -0.415. The average molecular weight is 775 g/mol. The Labute approximate surface area is 351 Å². The zero-order valence-corrected chi connectivity index (χ0v) is 33.4. The smallest absolute Gasteiger partial charge is 0.0725 e. The van der Waals surface area contributed by atoms with Gasteiger partial charge >= 0.3 is 0 Å². The van der Waals surface area contributed by atoms with Crippen LogP contribution in [0, 0.1) is 0 Å². The molecule has 60 heavy (non-hydrogen) atoms. The van der Waals surface area contributed by atoms with Crippen molar-refractivity contribution in [3.8, 4) is 44.5 Å². The highest BCUT2D eigenvalue weighted by Crippen LogP contribution is 2.64. The lowest BCUT2D eigenvalue weighted by molar-refractivity contribution is 0.795. The molecule has 1 heterocycles. The van der Waals surface area contributed by atoms with Gasteiger partial charge in [-0.1, -0.05) is 170 Å². The number of rotatable bonds is 2. The van der Waals surface area contributed by atoms with Crippen molar-refractivity contribution in [3.05, 3.63) is 229 Å². The summed E-state index contributed by atoms with van der Waals surface area (Å²) in [6, 6.07) is 78.1. The molecule has 0 fully saturated rings. The number of hydrogen-bond donors (Lipinski definition) is 0. The first-order chi connectivity index (χ1) is 29.8. The average Bonchev–Trinajstić information content (AvgIpc) is 3.93. The second-order valence-corrected chi connectivity index (χ2v) is 17.7. The third-order valence-corrected chi connectivity index (χ3v) is 15.0. The first kappa shape index (κ1) is 32.6. The van der Waals surface area contributed by atoms with E-state index in [1.807, 2.05) is 11.3 Å². The molecule has 0 aliphatic heterocycles. The van der Waals surface area contributed by atoms with Gasteiger partial charge in [-0.25, -0.2) is 0 Å². The van der Waals surface area contributed by atoms with E-state index in [9.17, 15) is 0 Å². The highest BCUT2D eigenvalue weighted by molar-refractivity contribution is 7.25. The fourth-order valence-electron chi connectivity index (χ4n) is 11.4. The minimum Gasteiger partial charge on any atom is -0.135 e. The van der Waals surface area contributed by atoms with E-state index in [-0.39, 0.29) is 0 Å². The lowest BCUT2D eigenvalue weighted by Gasteiger charge is -2.30. The number of fused-ring (bicyclic) bond motifs is 18. The standard InChI is InChI=1S/C59H34S/c1-2-14-40-35(13-1)27-29-52-58(40)49-32-36-25-26-37(31-39(36)34-53(49)59(52)50-22-10-7-15-41(50)42-16-8-11-23-51(42)59)56-44-18-3-5-20-46(44)57(47-21-6-4-19-45(47)56)38-28-30-55-48(33-38)43-17-9-12-24-54(43)60-55/h1-34H. The Hall–Kier alpha value is -7.32. The Kier molecular flexibility index (Phi) is 6.46. The summed E-state index contributed by atoms with van der Waals surface area (Å²) < 4.78 is 2.66. The Morgan fingerprint density at radius 3 is 1.50 bits per heavy atom. The molecule has 12 aromatic rings. The van der Waals surface area contributed by atoms with Crippen LogP contribution in [0.15, 0.2) is 206 Å². The second-order valence-electron chi connectivity index (χ2n) is 16.7. The first-order valence-corrected chi connectivity index (χ1v) is 21.7. The summed E-state index contributed by atoms with van der Waals surface area (Å²) >= 11 is 1.88. The fraction of sp³-hybridized carbons (Fsp3) is 0.0169. The van der Waals surface area contributed by atoms with Crippen LogP contribution in [0.4, 0.5) is 0 Å². The Morgan fingerprint density at radius 1 is 0.267 bits per heavy atom. The second kappa shape index (κ2) is 11.9. The fourth-order valence-corrected chi connectivity index (χ4v) is 12.5. The third-order valence-electron chi connectivity index (χ3n) is 13.8. The molecule has 276 valence electrons. The van der Waals surface area contributed by atoms with Gasteiger partial charge in [-0.15, -0.1) is 11.3 Å². The molecule has 0 radical (unpaired) electrons. The van der Waals surface area contributed by atoms with Crippen LogP contribution in [0.2, 0.25) is 0 Å². The summed E-state index contributed by atoms with van der Waals surface area (Å²) in [6.45, 7) is 0. The maximum absolute atomic E-state index is 2.54. The Balaban J connectivity index is 1.04. The van der Waals surface area contributed by atoms with Crippen molar-refractivity contribution >= 4 is 74.6 Å². The topological polar surface area (TPSA) is 0 Å². The van der Waals surface area contributed by atoms with E-state index in [1.54, 1.807) is 0 Å². The van der Waals surface area contributed by atoms with Gasteiger partial charge < -0.3 is 0 Å². The lowest BCUT2D eigenvalue weighted by atomic mass is 9.70. The summed E-state index contributed by atoms with van der Waals surface area (Å²) in [5.41, 5.74) is 15.5. The van der Waals surface area contributed by atoms with E-state index in [4.69, 9.17) is 0 Å². The van der Waals surface area contributed by atoms with Crippen molar-refractivity contribution in [2.75, 3.05) is 0 Å². The van der Waals surface area contributed by atoms with E-state index in [2.05, 4.69) is 206 Å². The van der Waals surface area contributed by atoms with E-state index in [1.165, 1.54) is 130 Å². The van der Waals surface area contributed by atoms with Crippen LogP contribution >= 0.6 is 11.3 Å². The van der Waals surface area contributed by atoms with Crippen molar-refractivity contribution in [1.82, 2.24) is 0 Å². The number of hydrogen-bond acceptors (Lipinski definition) is 1. The van der Waals surface area contributed by atoms with Crippen molar-refractivity contribution in [2.24, 2.45) is 0 Å². The molecule has 2 aliphatic carbocycles. The normalized spacial score (nSPS) is 13.5. The van der Waals surface area contributed by atoms with Gasteiger partial charge in [0.1, 0.15) is 0 Å². The molecule has 0 amide bonds. The van der Waals surface area contributed by atoms with Gasteiger partial charge in [0.05, 0.1) is 5.41 Å². The third kappa shape index (κ3) is 4.15. The molecular formula is C59H34S. The van der Waals surface area contributed by atoms with Crippen molar-refractivity contribution in [1.29, 1.82) is 0 Å². The van der Waals surface area contributed by atoms with Crippen LogP contribution in [-0.4, -0.2) is 0 Å². The predicted octanol–water partition coefficient (Wildman–Crippen LogP) is 16.3. The van der Waals surface area contributed by atoms with Crippen molar-refractivity contribution in [3.63, 3.8) is 0 Å². The minimum absolute atomic E-state index is 0.415. The van der Waals surface area contributed by atoms with Gasteiger partial charge in [-0.05, 0) is 146 Å². The summed E-state index contributed by atoms with van der Waals surface area (Å²) in [5.74, 6) is 0.